The van der Waals surface area contributed by atoms with Gasteiger partial charge < -0.3 is 14.8 Å². The summed E-state index contributed by atoms with van der Waals surface area (Å²) in [6.07, 6.45) is 2.20. The largest absolute Gasteiger partial charge is 0.462 e. The van der Waals surface area contributed by atoms with Crippen molar-refractivity contribution in [3.8, 4) is 0 Å². The lowest BCUT2D eigenvalue weighted by Gasteiger charge is -2.10. The van der Waals surface area contributed by atoms with Gasteiger partial charge in [-0.05, 0) is 39.2 Å². The highest BCUT2D eigenvalue weighted by Gasteiger charge is 2.14. The summed E-state index contributed by atoms with van der Waals surface area (Å²) >= 11 is 0. The van der Waals surface area contributed by atoms with E-state index in [1.807, 2.05) is 13.8 Å². The number of carbonyl (C=O) groups is 1. The van der Waals surface area contributed by atoms with Crippen molar-refractivity contribution in [1.82, 2.24) is 5.32 Å². The fourth-order valence-corrected chi connectivity index (χ4v) is 1.61. The Hall–Kier alpha value is -0.610. The third-order valence-electron chi connectivity index (χ3n) is 2.39. The van der Waals surface area contributed by atoms with Crippen molar-refractivity contribution in [3.63, 3.8) is 0 Å². The zero-order valence-corrected chi connectivity index (χ0v) is 9.62. The molecule has 0 amide bonds. The van der Waals surface area contributed by atoms with E-state index < -0.39 is 0 Å². The predicted molar refractivity (Wildman–Crippen MR) is 57.6 cm³/mol. The summed E-state index contributed by atoms with van der Waals surface area (Å²) in [5.74, 6) is 0.492. The summed E-state index contributed by atoms with van der Waals surface area (Å²) in [7, 11) is 0. The van der Waals surface area contributed by atoms with Crippen molar-refractivity contribution >= 4 is 5.97 Å². The SMILES string of the molecule is CC(C)OC(=O)CNCCC1CCOC1. The number of ether oxygens (including phenoxy) is 2. The van der Waals surface area contributed by atoms with Crippen LogP contribution in [0.5, 0.6) is 0 Å². The lowest BCUT2D eigenvalue weighted by molar-refractivity contribution is -0.146. The molecular weight excluding hydrogens is 194 g/mol. The minimum atomic E-state index is -0.173. The van der Waals surface area contributed by atoms with Gasteiger partial charge in [0.1, 0.15) is 0 Å². The Morgan fingerprint density at radius 2 is 2.40 bits per heavy atom. The molecule has 0 aromatic rings. The average molecular weight is 215 g/mol. The van der Waals surface area contributed by atoms with E-state index in [1.165, 1.54) is 0 Å². The summed E-state index contributed by atoms with van der Waals surface area (Å²) in [5, 5.41) is 3.09. The Morgan fingerprint density at radius 1 is 1.60 bits per heavy atom. The molecule has 1 rings (SSSR count). The molecule has 0 radical (unpaired) electrons. The second-order valence-electron chi connectivity index (χ2n) is 4.23. The Kier molecular flexibility index (Phi) is 5.65. The topological polar surface area (TPSA) is 47.6 Å². The normalized spacial score (nSPS) is 20.9. The molecule has 1 heterocycles. The third-order valence-corrected chi connectivity index (χ3v) is 2.39. The molecule has 0 aromatic carbocycles. The van der Waals surface area contributed by atoms with Crippen LogP contribution in [0.25, 0.3) is 0 Å². The summed E-state index contributed by atoms with van der Waals surface area (Å²) in [6.45, 7) is 6.65. The van der Waals surface area contributed by atoms with Gasteiger partial charge in [-0.15, -0.1) is 0 Å². The van der Waals surface area contributed by atoms with Gasteiger partial charge >= 0.3 is 5.97 Å². The van der Waals surface area contributed by atoms with Crippen LogP contribution in [0.15, 0.2) is 0 Å². The van der Waals surface area contributed by atoms with Crippen LogP contribution in [-0.4, -0.2) is 38.4 Å². The second-order valence-corrected chi connectivity index (χ2v) is 4.23. The van der Waals surface area contributed by atoms with E-state index in [-0.39, 0.29) is 12.1 Å². The van der Waals surface area contributed by atoms with Gasteiger partial charge in [-0.3, -0.25) is 4.79 Å². The smallest absolute Gasteiger partial charge is 0.320 e. The van der Waals surface area contributed by atoms with Crippen molar-refractivity contribution in [1.29, 1.82) is 0 Å². The average Bonchev–Trinajstić information content (AvgIpc) is 2.63. The third kappa shape index (κ3) is 5.74. The molecule has 4 nitrogen and oxygen atoms in total. The molecule has 1 N–H and O–H groups in total. The quantitative estimate of drug-likeness (QED) is 0.529. The summed E-state index contributed by atoms with van der Waals surface area (Å²) < 4.78 is 10.3. The summed E-state index contributed by atoms with van der Waals surface area (Å²) in [6, 6.07) is 0. The molecule has 4 heteroatoms. The molecule has 1 atom stereocenters. The maximum absolute atomic E-state index is 11.1. The first-order valence-corrected chi connectivity index (χ1v) is 5.66. The van der Waals surface area contributed by atoms with E-state index in [9.17, 15) is 4.79 Å². The molecular formula is C11H21NO3. The number of rotatable bonds is 6. The molecule has 0 aromatic heterocycles. The van der Waals surface area contributed by atoms with Gasteiger partial charge in [0.2, 0.25) is 0 Å². The Balaban J connectivity index is 1.94. The molecule has 0 bridgehead atoms. The highest BCUT2D eigenvalue weighted by Crippen LogP contribution is 2.14. The first-order valence-electron chi connectivity index (χ1n) is 5.66. The van der Waals surface area contributed by atoms with E-state index in [2.05, 4.69) is 5.32 Å². The monoisotopic (exact) mass is 215 g/mol. The van der Waals surface area contributed by atoms with Crippen LogP contribution in [0.1, 0.15) is 26.7 Å². The summed E-state index contributed by atoms with van der Waals surface area (Å²) in [4.78, 5) is 11.1. The molecule has 88 valence electrons. The Morgan fingerprint density at radius 3 is 3.00 bits per heavy atom. The molecule has 1 fully saturated rings. The van der Waals surface area contributed by atoms with E-state index in [0.29, 0.717) is 12.5 Å². The van der Waals surface area contributed by atoms with Crippen molar-refractivity contribution in [2.24, 2.45) is 5.92 Å². The lowest BCUT2D eigenvalue weighted by atomic mass is 10.1. The first kappa shape index (κ1) is 12.5. The molecule has 1 unspecified atom stereocenters. The van der Waals surface area contributed by atoms with Crippen LogP contribution in [0.4, 0.5) is 0 Å². The minimum absolute atomic E-state index is 0.0254. The molecule has 1 aliphatic heterocycles. The maximum atomic E-state index is 11.1. The second kappa shape index (κ2) is 6.80. The maximum Gasteiger partial charge on any atom is 0.320 e. The Bertz CT molecular complexity index is 188. The van der Waals surface area contributed by atoms with Crippen LogP contribution >= 0.6 is 0 Å². The highest BCUT2D eigenvalue weighted by atomic mass is 16.5. The van der Waals surface area contributed by atoms with E-state index in [1.54, 1.807) is 0 Å². The number of hydrogen-bond acceptors (Lipinski definition) is 4. The lowest BCUT2D eigenvalue weighted by Crippen LogP contribution is -2.28. The first-order chi connectivity index (χ1) is 7.18. The number of nitrogens with one attached hydrogen (secondary N) is 1. The molecule has 0 spiro atoms. The fraction of sp³-hybridized carbons (Fsp3) is 0.909. The van der Waals surface area contributed by atoms with Crippen LogP contribution < -0.4 is 5.32 Å². The number of hydrogen-bond donors (Lipinski definition) is 1. The zero-order chi connectivity index (χ0) is 11.1. The number of esters is 1. The molecule has 0 saturated carbocycles. The van der Waals surface area contributed by atoms with Crippen molar-refractivity contribution in [2.75, 3.05) is 26.3 Å². The van der Waals surface area contributed by atoms with E-state index in [0.717, 1.165) is 32.6 Å². The predicted octanol–water partition coefficient (Wildman–Crippen LogP) is 0.954. The molecule has 1 saturated heterocycles. The van der Waals surface area contributed by atoms with Gasteiger partial charge in [0.05, 0.1) is 12.6 Å². The van der Waals surface area contributed by atoms with Gasteiger partial charge in [-0.2, -0.15) is 0 Å². The van der Waals surface area contributed by atoms with E-state index >= 15 is 0 Å². The molecule has 0 aliphatic carbocycles. The standard InChI is InChI=1S/C11H21NO3/c1-9(2)15-11(13)7-12-5-3-10-4-6-14-8-10/h9-10,12H,3-8H2,1-2H3. The van der Waals surface area contributed by atoms with Crippen LogP contribution in [-0.2, 0) is 14.3 Å². The van der Waals surface area contributed by atoms with Crippen molar-refractivity contribution in [2.45, 2.75) is 32.8 Å². The van der Waals surface area contributed by atoms with Crippen LogP contribution in [0, 0.1) is 5.92 Å². The van der Waals surface area contributed by atoms with Crippen LogP contribution in [0.2, 0.25) is 0 Å². The van der Waals surface area contributed by atoms with Gasteiger partial charge in [0.15, 0.2) is 0 Å². The number of carbonyl (C=O) groups excluding carboxylic acids is 1. The van der Waals surface area contributed by atoms with Gasteiger partial charge in [0.25, 0.3) is 0 Å². The molecule has 15 heavy (non-hydrogen) atoms. The summed E-state index contributed by atoms with van der Waals surface area (Å²) in [5.41, 5.74) is 0. The molecule has 1 aliphatic rings. The minimum Gasteiger partial charge on any atom is -0.462 e. The van der Waals surface area contributed by atoms with Crippen molar-refractivity contribution in [3.05, 3.63) is 0 Å². The van der Waals surface area contributed by atoms with Crippen molar-refractivity contribution < 1.29 is 14.3 Å². The fourth-order valence-electron chi connectivity index (χ4n) is 1.61. The Labute approximate surface area is 91.3 Å². The van der Waals surface area contributed by atoms with Gasteiger partial charge in [-0.1, -0.05) is 0 Å². The van der Waals surface area contributed by atoms with Gasteiger partial charge in [-0.25, -0.2) is 0 Å². The zero-order valence-electron chi connectivity index (χ0n) is 9.62. The van der Waals surface area contributed by atoms with Gasteiger partial charge in [0, 0.05) is 13.2 Å². The van der Waals surface area contributed by atoms with Crippen LogP contribution in [0.3, 0.4) is 0 Å². The van der Waals surface area contributed by atoms with E-state index in [4.69, 9.17) is 9.47 Å². The highest BCUT2D eigenvalue weighted by molar-refractivity contribution is 5.71.